The summed E-state index contributed by atoms with van der Waals surface area (Å²) >= 11 is 1.41. The van der Waals surface area contributed by atoms with Gasteiger partial charge < -0.3 is 4.90 Å². The third kappa shape index (κ3) is 2.65. The predicted octanol–water partition coefficient (Wildman–Crippen LogP) is 3.26. The van der Waals surface area contributed by atoms with Gasteiger partial charge in [-0.25, -0.2) is 24.9 Å². The summed E-state index contributed by atoms with van der Waals surface area (Å²) in [6.07, 6.45) is 5.08. The molecule has 0 fully saturated rings. The van der Waals surface area contributed by atoms with E-state index < -0.39 is 0 Å². The molecule has 5 rings (SSSR count). The molecule has 7 nitrogen and oxygen atoms in total. The van der Waals surface area contributed by atoms with Crippen molar-refractivity contribution >= 4 is 27.5 Å². The van der Waals surface area contributed by atoms with Gasteiger partial charge >= 0.3 is 0 Å². The van der Waals surface area contributed by atoms with E-state index in [2.05, 4.69) is 24.9 Å². The van der Waals surface area contributed by atoms with Crippen LogP contribution in [-0.4, -0.2) is 35.7 Å². The first-order valence-electron chi connectivity index (χ1n) is 8.50. The standard InChI is InChI=1S/C19H14N6OS/c1-11-12-9-22-17(16-20-7-4-8-21-16)23-14(12)10-25(11)19(26)18-24-13-5-2-3-6-15(13)27-18/h2-9,11H,10H2,1H3. The lowest BCUT2D eigenvalue weighted by Crippen LogP contribution is -2.28. The molecule has 0 radical (unpaired) electrons. The average molecular weight is 374 g/mol. The fourth-order valence-electron chi connectivity index (χ4n) is 3.22. The van der Waals surface area contributed by atoms with Crippen molar-refractivity contribution < 1.29 is 4.79 Å². The summed E-state index contributed by atoms with van der Waals surface area (Å²) in [5.41, 5.74) is 2.62. The Morgan fingerprint density at radius 3 is 2.70 bits per heavy atom. The summed E-state index contributed by atoms with van der Waals surface area (Å²) in [6.45, 7) is 2.41. The van der Waals surface area contributed by atoms with Gasteiger partial charge in [-0.05, 0) is 25.1 Å². The van der Waals surface area contributed by atoms with Crippen LogP contribution in [-0.2, 0) is 6.54 Å². The monoisotopic (exact) mass is 374 g/mol. The van der Waals surface area contributed by atoms with Crippen LogP contribution in [0.25, 0.3) is 21.9 Å². The number of fused-ring (bicyclic) bond motifs is 2. The zero-order valence-corrected chi connectivity index (χ0v) is 15.2. The number of carbonyl (C=O) groups excluding carboxylic acids is 1. The van der Waals surface area contributed by atoms with Crippen molar-refractivity contribution in [2.24, 2.45) is 0 Å². The van der Waals surface area contributed by atoms with Crippen LogP contribution in [0.2, 0.25) is 0 Å². The number of thiazole rings is 1. The van der Waals surface area contributed by atoms with E-state index in [1.165, 1.54) is 11.3 Å². The smallest absolute Gasteiger partial charge is 0.283 e. The molecule has 1 atom stereocenters. The third-order valence-corrected chi connectivity index (χ3v) is 5.67. The number of aromatic nitrogens is 5. The second kappa shape index (κ2) is 6.17. The van der Waals surface area contributed by atoms with Gasteiger partial charge in [0.25, 0.3) is 5.91 Å². The first kappa shape index (κ1) is 16.0. The molecule has 0 saturated carbocycles. The summed E-state index contributed by atoms with van der Waals surface area (Å²) < 4.78 is 1.01. The summed E-state index contributed by atoms with van der Waals surface area (Å²) in [7, 11) is 0. The molecule has 1 aromatic carbocycles. The minimum atomic E-state index is -0.106. The fourth-order valence-corrected chi connectivity index (χ4v) is 4.15. The van der Waals surface area contributed by atoms with E-state index in [1.54, 1.807) is 29.6 Å². The van der Waals surface area contributed by atoms with Gasteiger partial charge in [0.05, 0.1) is 28.5 Å². The maximum atomic E-state index is 13.1. The minimum Gasteiger partial charge on any atom is -0.324 e. The van der Waals surface area contributed by atoms with Gasteiger partial charge in [0, 0.05) is 24.2 Å². The molecule has 0 spiro atoms. The van der Waals surface area contributed by atoms with Crippen molar-refractivity contribution in [1.29, 1.82) is 0 Å². The molecular formula is C19H14N6OS. The summed E-state index contributed by atoms with van der Waals surface area (Å²) in [6, 6.07) is 9.41. The Kier molecular flexibility index (Phi) is 3.64. The molecule has 27 heavy (non-hydrogen) atoms. The van der Waals surface area contributed by atoms with E-state index >= 15 is 0 Å². The van der Waals surface area contributed by atoms with Gasteiger partial charge in [-0.3, -0.25) is 4.79 Å². The molecule has 0 saturated heterocycles. The molecule has 8 heteroatoms. The van der Waals surface area contributed by atoms with Crippen LogP contribution in [0, 0.1) is 0 Å². The second-order valence-corrected chi connectivity index (χ2v) is 7.29. The number of amides is 1. The Morgan fingerprint density at radius 1 is 1.07 bits per heavy atom. The van der Waals surface area contributed by atoms with Gasteiger partial charge in [-0.15, -0.1) is 11.3 Å². The van der Waals surface area contributed by atoms with Crippen molar-refractivity contribution in [1.82, 2.24) is 29.8 Å². The average Bonchev–Trinajstić information content (AvgIpc) is 3.29. The largest absolute Gasteiger partial charge is 0.324 e. The van der Waals surface area contributed by atoms with Crippen LogP contribution in [0.3, 0.4) is 0 Å². The Labute approximate surface area is 158 Å². The Balaban J connectivity index is 1.47. The van der Waals surface area contributed by atoms with Gasteiger partial charge in [-0.2, -0.15) is 0 Å². The number of hydrogen-bond acceptors (Lipinski definition) is 7. The molecule has 1 aliphatic rings. The van der Waals surface area contributed by atoms with E-state index in [0.717, 1.165) is 21.5 Å². The normalized spacial score (nSPS) is 15.9. The first-order chi connectivity index (χ1) is 13.2. The number of carbonyl (C=O) groups is 1. The van der Waals surface area contributed by atoms with Crippen molar-refractivity contribution in [2.45, 2.75) is 19.5 Å². The molecule has 4 heterocycles. The quantitative estimate of drug-likeness (QED) is 0.535. The second-order valence-electron chi connectivity index (χ2n) is 6.26. The summed E-state index contributed by atoms with van der Waals surface area (Å²) in [5.74, 6) is 0.860. The lowest BCUT2D eigenvalue weighted by atomic mass is 10.1. The fraction of sp³-hybridized carbons (Fsp3) is 0.158. The van der Waals surface area contributed by atoms with Gasteiger partial charge in [0.15, 0.2) is 16.7 Å². The van der Waals surface area contributed by atoms with Crippen molar-refractivity contribution in [3.63, 3.8) is 0 Å². The number of para-hydroxylation sites is 1. The molecule has 4 aromatic rings. The Bertz CT molecular complexity index is 1130. The lowest BCUT2D eigenvalue weighted by molar-refractivity contribution is 0.0704. The summed E-state index contributed by atoms with van der Waals surface area (Å²) in [4.78, 5) is 36.7. The molecule has 0 N–H and O–H groups in total. The van der Waals surface area contributed by atoms with Crippen LogP contribution < -0.4 is 0 Å². The highest BCUT2D eigenvalue weighted by molar-refractivity contribution is 7.20. The minimum absolute atomic E-state index is 0.0841. The number of benzene rings is 1. The van der Waals surface area contributed by atoms with Crippen LogP contribution in [0.15, 0.2) is 48.9 Å². The number of rotatable bonds is 2. The van der Waals surface area contributed by atoms with Crippen LogP contribution in [0.5, 0.6) is 0 Å². The molecule has 132 valence electrons. The number of hydrogen-bond donors (Lipinski definition) is 0. The van der Waals surface area contributed by atoms with E-state index in [9.17, 15) is 4.79 Å². The summed E-state index contributed by atoms with van der Waals surface area (Å²) in [5, 5.41) is 0.496. The highest BCUT2D eigenvalue weighted by atomic mass is 32.1. The molecule has 0 bridgehead atoms. The Morgan fingerprint density at radius 2 is 1.89 bits per heavy atom. The van der Waals surface area contributed by atoms with Crippen molar-refractivity contribution in [3.8, 4) is 11.6 Å². The lowest BCUT2D eigenvalue weighted by Gasteiger charge is -2.19. The first-order valence-corrected chi connectivity index (χ1v) is 9.32. The van der Waals surface area contributed by atoms with Crippen molar-refractivity contribution in [3.05, 3.63) is 65.2 Å². The molecule has 1 aliphatic heterocycles. The van der Waals surface area contributed by atoms with E-state index in [0.29, 0.717) is 23.2 Å². The highest BCUT2D eigenvalue weighted by Gasteiger charge is 2.34. The van der Waals surface area contributed by atoms with Gasteiger partial charge in [-0.1, -0.05) is 12.1 Å². The SMILES string of the molecule is CC1c2cnc(-c3ncccn3)nc2CN1C(=O)c1nc2ccccc2s1. The highest BCUT2D eigenvalue weighted by Crippen LogP contribution is 2.34. The van der Waals surface area contributed by atoms with Gasteiger partial charge in [0.1, 0.15) is 0 Å². The third-order valence-electron chi connectivity index (χ3n) is 4.64. The van der Waals surface area contributed by atoms with E-state index in [1.807, 2.05) is 31.2 Å². The molecular weight excluding hydrogens is 360 g/mol. The maximum Gasteiger partial charge on any atom is 0.283 e. The molecule has 1 amide bonds. The topological polar surface area (TPSA) is 84.8 Å². The van der Waals surface area contributed by atoms with Crippen molar-refractivity contribution in [2.75, 3.05) is 0 Å². The molecule has 0 aliphatic carbocycles. The van der Waals surface area contributed by atoms with E-state index in [4.69, 9.17) is 0 Å². The Hall–Kier alpha value is -3.26. The number of nitrogens with zero attached hydrogens (tertiary/aromatic N) is 6. The zero-order chi connectivity index (χ0) is 18.4. The van der Waals surface area contributed by atoms with E-state index in [-0.39, 0.29) is 11.9 Å². The molecule has 3 aromatic heterocycles. The van der Waals surface area contributed by atoms with Crippen LogP contribution in [0.1, 0.15) is 34.0 Å². The molecule has 1 unspecified atom stereocenters. The van der Waals surface area contributed by atoms with Gasteiger partial charge in [0.2, 0.25) is 0 Å². The van der Waals surface area contributed by atoms with Crippen LogP contribution in [0.4, 0.5) is 0 Å². The zero-order valence-electron chi connectivity index (χ0n) is 14.4. The predicted molar refractivity (Wildman–Crippen MR) is 101 cm³/mol. The maximum absolute atomic E-state index is 13.1. The van der Waals surface area contributed by atoms with Crippen LogP contribution >= 0.6 is 11.3 Å².